The minimum Gasteiger partial charge on any atom is -0.493 e. The zero-order valence-corrected chi connectivity index (χ0v) is 18.5. The van der Waals surface area contributed by atoms with Crippen LogP contribution in [-0.4, -0.2) is 36.7 Å². The van der Waals surface area contributed by atoms with Gasteiger partial charge in [0.2, 0.25) is 0 Å². The van der Waals surface area contributed by atoms with E-state index >= 15 is 0 Å². The fraction of sp³-hybridized carbons (Fsp3) is 0.294. The number of hydrogen-bond acceptors (Lipinski definition) is 6. The van der Waals surface area contributed by atoms with Gasteiger partial charge in [-0.2, -0.15) is 16.8 Å². The van der Waals surface area contributed by atoms with Gasteiger partial charge >= 0.3 is 0 Å². The Kier molecular flexibility index (Phi) is 6.44. The number of nitrogens with zero attached hydrogens (tertiary/aromatic N) is 2. The first kappa shape index (κ1) is 19.5. The highest BCUT2D eigenvalue weighted by molar-refractivity contribution is 9.11. The lowest BCUT2D eigenvalue weighted by atomic mass is 10.3. The Balaban J connectivity index is 2.16. The first-order valence-corrected chi connectivity index (χ1v) is 11.5. The van der Waals surface area contributed by atoms with E-state index in [1.165, 1.54) is 22.7 Å². The van der Waals surface area contributed by atoms with E-state index in [1.807, 2.05) is 18.2 Å². The minimum atomic E-state index is -0.232. The van der Waals surface area contributed by atoms with Crippen molar-refractivity contribution in [1.29, 1.82) is 0 Å². The largest absolute Gasteiger partial charge is 0.493 e. The number of hydrogen-bond donors (Lipinski definition) is 0. The van der Waals surface area contributed by atoms with Crippen LogP contribution in [0.25, 0.3) is 10.2 Å². The zero-order chi connectivity index (χ0) is 18.7. The number of aromatic nitrogens is 1. The third-order valence-corrected chi connectivity index (χ3v) is 6.93. The van der Waals surface area contributed by atoms with Gasteiger partial charge in [0.1, 0.15) is 0 Å². The Labute approximate surface area is 171 Å². The summed E-state index contributed by atoms with van der Waals surface area (Å²) in [5.74, 6) is 2.02. The molecule has 26 heavy (non-hydrogen) atoms. The predicted molar refractivity (Wildman–Crippen MR) is 113 cm³/mol. The average Bonchev–Trinajstić information content (AvgIpc) is 3.21. The van der Waals surface area contributed by atoms with E-state index in [9.17, 15) is 4.79 Å². The van der Waals surface area contributed by atoms with E-state index in [1.54, 1.807) is 32.0 Å². The zero-order valence-electron chi connectivity index (χ0n) is 14.4. The summed E-state index contributed by atoms with van der Waals surface area (Å²) < 4.78 is 14.8. The Bertz CT molecular complexity index is 1010. The van der Waals surface area contributed by atoms with Gasteiger partial charge in [-0.25, -0.2) is 0 Å². The molecule has 0 bridgehead atoms. The summed E-state index contributed by atoms with van der Waals surface area (Å²) >= 11 is 8.00. The molecule has 0 radical (unpaired) electrons. The number of thioether (sulfide) groups is 1. The molecule has 0 unspecified atom stereocenters. The van der Waals surface area contributed by atoms with Gasteiger partial charge in [0, 0.05) is 24.4 Å². The fourth-order valence-electron chi connectivity index (χ4n) is 2.45. The predicted octanol–water partition coefficient (Wildman–Crippen LogP) is 4.65. The summed E-state index contributed by atoms with van der Waals surface area (Å²) in [5, 5.41) is 0. The van der Waals surface area contributed by atoms with Gasteiger partial charge in [-0.1, -0.05) is 11.3 Å². The molecule has 0 aliphatic heterocycles. The number of ether oxygens (including phenoxy) is 2. The molecular weight excluding hydrogens is 456 g/mol. The van der Waals surface area contributed by atoms with Crippen molar-refractivity contribution in [3.63, 3.8) is 0 Å². The summed E-state index contributed by atoms with van der Waals surface area (Å²) in [6.45, 7) is 0.761. The van der Waals surface area contributed by atoms with Gasteiger partial charge in [0.25, 0.3) is 5.91 Å². The third kappa shape index (κ3) is 4.00. The number of carbonyl (C=O) groups is 1. The SMILES string of the molecule is COc1cc2sc(=NC(=O)c3ccc(Br)s3)n(CCSC)c2cc1OC. The highest BCUT2D eigenvalue weighted by atomic mass is 79.9. The Hall–Kier alpha value is -1.29. The molecule has 2 aromatic heterocycles. The molecule has 2 heterocycles. The van der Waals surface area contributed by atoms with Crippen molar-refractivity contribution < 1.29 is 14.3 Å². The summed E-state index contributed by atoms with van der Waals surface area (Å²) in [7, 11) is 3.23. The van der Waals surface area contributed by atoms with Crippen LogP contribution in [0.5, 0.6) is 11.5 Å². The fourth-order valence-corrected chi connectivity index (χ4v) is 5.15. The number of rotatable bonds is 6. The molecule has 1 aromatic carbocycles. The number of aryl methyl sites for hydroxylation is 1. The lowest BCUT2D eigenvalue weighted by molar-refractivity contribution is 0.100. The van der Waals surface area contributed by atoms with Gasteiger partial charge < -0.3 is 14.0 Å². The molecule has 3 aromatic rings. The molecule has 5 nitrogen and oxygen atoms in total. The van der Waals surface area contributed by atoms with Crippen LogP contribution in [0.2, 0.25) is 0 Å². The molecule has 0 atom stereocenters. The van der Waals surface area contributed by atoms with Crippen LogP contribution in [0.4, 0.5) is 0 Å². The number of fused-ring (bicyclic) bond motifs is 1. The minimum absolute atomic E-state index is 0.232. The van der Waals surface area contributed by atoms with Gasteiger partial charge in [-0.15, -0.1) is 11.3 Å². The first-order chi connectivity index (χ1) is 12.6. The quantitative estimate of drug-likeness (QED) is 0.523. The molecular formula is C17H17BrN2O3S3. The summed E-state index contributed by atoms with van der Waals surface area (Å²) in [6, 6.07) is 7.51. The molecule has 0 N–H and O–H groups in total. The number of thiazole rings is 1. The highest BCUT2D eigenvalue weighted by Gasteiger charge is 2.14. The van der Waals surface area contributed by atoms with Crippen molar-refractivity contribution in [1.82, 2.24) is 4.57 Å². The van der Waals surface area contributed by atoms with Gasteiger partial charge in [0.05, 0.1) is 33.1 Å². The monoisotopic (exact) mass is 472 g/mol. The van der Waals surface area contributed by atoms with E-state index in [0.717, 1.165) is 26.3 Å². The number of thiophene rings is 1. The molecule has 0 saturated heterocycles. The molecule has 138 valence electrons. The smallest absolute Gasteiger partial charge is 0.289 e. The second-order valence-corrected chi connectivity index (χ2v) is 9.68. The molecule has 1 amide bonds. The molecule has 0 saturated carbocycles. The second-order valence-electron chi connectivity index (χ2n) is 5.22. The maximum atomic E-state index is 12.5. The van der Waals surface area contributed by atoms with Crippen molar-refractivity contribution in [2.75, 3.05) is 26.2 Å². The van der Waals surface area contributed by atoms with Crippen LogP contribution in [0.3, 0.4) is 0 Å². The van der Waals surface area contributed by atoms with Crippen LogP contribution >= 0.6 is 50.4 Å². The molecule has 9 heteroatoms. The molecule has 0 aliphatic rings. The Morgan fingerprint density at radius 1 is 1.23 bits per heavy atom. The molecule has 0 fully saturated rings. The van der Waals surface area contributed by atoms with Crippen LogP contribution in [0, 0.1) is 0 Å². The normalized spacial score (nSPS) is 11.9. The van der Waals surface area contributed by atoms with E-state index in [0.29, 0.717) is 21.2 Å². The number of halogens is 1. The van der Waals surface area contributed by atoms with Crippen LogP contribution in [0.15, 0.2) is 33.0 Å². The van der Waals surface area contributed by atoms with Crippen LogP contribution in [-0.2, 0) is 6.54 Å². The Morgan fingerprint density at radius 3 is 2.58 bits per heavy atom. The van der Waals surface area contributed by atoms with Crippen molar-refractivity contribution in [2.24, 2.45) is 4.99 Å². The van der Waals surface area contributed by atoms with Crippen molar-refractivity contribution in [2.45, 2.75) is 6.54 Å². The van der Waals surface area contributed by atoms with E-state index < -0.39 is 0 Å². The van der Waals surface area contributed by atoms with Crippen molar-refractivity contribution in [3.8, 4) is 11.5 Å². The second kappa shape index (κ2) is 8.60. The highest BCUT2D eigenvalue weighted by Crippen LogP contribution is 2.33. The van der Waals surface area contributed by atoms with Gasteiger partial charge in [-0.05, 0) is 34.3 Å². The number of methoxy groups -OCH3 is 2. The van der Waals surface area contributed by atoms with Gasteiger partial charge in [-0.3, -0.25) is 4.79 Å². The maximum Gasteiger partial charge on any atom is 0.289 e. The lowest BCUT2D eigenvalue weighted by Gasteiger charge is -2.09. The molecule has 3 rings (SSSR count). The van der Waals surface area contributed by atoms with Crippen molar-refractivity contribution in [3.05, 3.63) is 37.7 Å². The third-order valence-electron chi connectivity index (χ3n) is 3.69. The average molecular weight is 473 g/mol. The summed E-state index contributed by atoms with van der Waals surface area (Å²) in [5.41, 5.74) is 0.987. The number of carbonyl (C=O) groups excluding carboxylic acids is 1. The van der Waals surface area contributed by atoms with E-state index in [2.05, 4.69) is 31.7 Å². The maximum absolute atomic E-state index is 12.5. The van der Waals surface area contributed by atoms with Crippen LogP contribution < -0.4 is 14.3 Å². The van der Waals surface area contributed by atoms with E-state index in [4.69, 9.17) is 9.47 Å². The topological polar surface area (TPSA) is 52.8 Å². The molecule has 0 spiro atoms. The number of benzene rings is 1. The molecule has 0 aliphatic carbocycles. The van der Waals surface area contributed by atoms with Crippen LogP contribution in [0.1, 0.15) is 9.67 Å². The summed E-state index contributed by atoms with van der Waals surface area (Å²) in [6.07, 6.45) is 2.06. The standard InChI is InChI=1S/C17H17BrN2O3S3/c1-22-11-8-10-14(9-12(11)23-2)26-17(20(10)6-7-24-3)19-16(21)13-4-5-15(18)25-13/h4-5,8-9H,6-7H2,1-3H3. The Morgan fingerprint density at radius 2 is 1.96 bits per heavy atom. The van der Waals surface area contributed by atoms with Gasteiger partial charge in [0.15, 0.2) is 16.3 Å². The van der Waals surface area contributed by atoms with Crippen molar-refractivity contribution >= 4 is 66.5 Å². The number of amides is 1. The summed E-state index contributed by atoms with van der Waals surface area (Å²) in [4.78, 5) is 18.2. The first-order valence-electron chi connectivity index (χ1n) is 7.66. The lowest BCUT2D eigenvalue weighted by Crippen LogP contribution is -2.18. The van der Waals surface area contributed by atoms with E-state index in [-0.39, 0.29) is 5.91 Å².